The Kier molecular flexibility index (Phi) is 5.59. The van der Waals surface area contributed by atoms with Gasteiger partial charge in [0.2, 0.25) is 5.91 Å². The number of thiophene rings is 1. The SMILES string of the molecule is CCc1ccccc1-n1cnnc1SCC(=O)N(Cc1cccs1)C1CC1. The second-order valence-electron chi connectivity index (χ2n) is 6.59. The van der Waals surface area contributed by atoms with E-state index in [2.05, 4.69) is 40.7 Å². The number of thioether (sulfide) groups is 1. The topological polar surface area (TPSA) is 51.0 Å². The summed E-state index contributed by atoms with van der Waals surface area (Å²) in [5.41, 5.74) is 2.32. The number of para-hydroxylation sites is 1. The molecule has 2 aromatic heterocycles. The average Bonchev–Trinajstić information content (AvgIpc) is 3.20. The Labute approximate surface area is 167 Å². The van der Waals surface area contributed by atoms with Gasteiger partial charge in [0.05, 0.1) is 18.0 Å². The highest BCUT2D eigenvalue weighted by Crippen LogP contribution is 2.31. The van der Waals surface area contributed by atoms with Crippen LogP contribution in [-0.2, 0) is 17.8 Å². The van der Waals surface area contributed by atoms with E-state index < -0.39 is 0 Å². The van der Waals surface area contributed by atoms with Crippen LogP contribution >= 0.6 is 23.1 Å². The molecule has 1 saturated carbocycles. The molecule has 3 aromatic rings. The minimum atomic E-state index is 0.175. The number of carbonyl (C=O) groups is 1. The third-order valence-electron chi connectivity index (χ3n) is 4.69. The van der Waals surface area contributed by atoms with Crippen molar-refractivity contribution in [1.29, 1.82) is 0 Å². The Morgan fingerprint density at radius 2 is 2.15 bits per heavy atom. The maximum absolute atomic E-state index is 12.9. The van der Waals surface area contributed by atoms with Crippen LogP contribution in [0.4, 0.5) is 0 Å². The van der Waals surface area contributed by atoms with Crippen molar-refractivity contribution in [1.82, 2.24) is 19.7 Å². The molecule has 0 aliphatic heterocycles. The first-order valence-corrected chi connectivity index (χ1v) is 11.1. The number of hydrogen-bond acceptors (Lipinski definition) is 5. The van der Waals surface area contributed by atoms with Crippen LogP contribution in [0, 0.1) is 0 Å². The lowest BCUT2D eigenvalue weighted by atomic mass is 10.1. The second kappa shape index (κ2) is 8.27. The summed E-state index contributed by atoms with van der Waals surface area (Å²) in [7, 11) is 0. The first kappa shape index (κ1) is 18.3. The molecule has 1 aliphatic rings. The van der Waals surface area contributed by atoms with Gasteiger partial charge in [-0.15, -0.1) is 21.5 Å². The van der Waals surface area contributed by atoms with E-state index in [1.54, 1.807) is 17.7 Å². The molecule has 1 aromatic carbocycles. The van der Waals surface area contributed by atoms with E-state index >= 15 is 0 Å². The lowest BCUT2D eigenvalue weighted by Crippen LogP contribution is -2.33. The molecule has 1 fully saturated rings. The number of aryl methyl sites for hydroxylation is 1. The van der Waals surface area contributed by atoms with Crippen LogP contribution in [0.3, 0.4) is 0 Å². The van der Waals surface area contributed by atoms with Crippen LogP contribution in [-0.4, -0.2) is 37.4 Å². The standard InChI is InChI=1S/C20H22N4OS2/c1-2-15-6-3-4-8-18(15)24-14-21-22-20(24)27-13-19(25)23(16-9-10-16)12-17-7-5-11-26-17/h3-8,11,14,16H,2,9-10,12-13H2,1H3. The molecule has 140 valence electrons. The molecule has 5 nitrogen and oxygen atoms in total. The zero-order chi connectivity index (χ0) is 18.6. The normalized spacial score (nSPS) is 13.7. The van der Waals surface area contributed by atoms with E-state index in [9.17, 15) is 4.79 Å². The van der Waals surface area contributed by atoms with Crippen LogP contribution < -0.4 is 0 Å². The van der Waals surface area contributed by atoms with E-state index in [0.717, 1.165) is 30.1 Å². The van der Waals surface area contributed by atoms with Crippen LogP contribution in [0.15, 0.2) is 53.3 Å². The zero-order valence-corrected chi connectivity index (χ0v) is 16.9. The summed E-state index contributed by atoms with van der Waals surface area (Å²) in [5.74, 6) is 0.559. The third kappa shape index (κ3) is 4.25. The molecule has 0 N–H and O–H groups in total. The summed E-state index contributed by atoms with van der Waals surface area (Å²) in [5, 5.41) is 11.1. The third-order valence-corrected chi connectivity index (χ3v) is 6.48. The Hall–Kier alpha value is -2.12. The summed E-state index contributed by atoms with van der Waals surface area (Å²) in [6.07, 6.45) is 4.89. The van der Waals surface area contributed by atoms with E-state index in [0.29, 0.717) is 18.3 Å². The highest BCUT2D eigenvalue weighted by Gasteiger charge is 2.32. The summed E-state index contributed by atoms with van der Waals surface area (Å²) in [6.45, 7) is 2.85. The maximum Gasteiger partial charge on any atom is 0.233 e. The van der Waals surface area contributed by atoms with Crippen molar-refractivity contribution in [3.63, 3.8) is 0 Å². The van der Waals surface area contributed by atoms with E-state index in [1.807, 2.05) is 27.7 Å². The molecule has 0 atom stereocenters. The number of amides is 1. The van der Waals surface area contributed by atoms with Crippen molar-refractivity contribution in [2.45, 2.75) is 43.9 Å². The van der Waals surface area contributed by atoms with Gasteiger partial charge in [-0.1, -0.05) is 43.0 Å². The summed E-state index contributed by atoms with van der Waals surface area (Å²) >= 11 is 3.17. The van der Waals surface area contributed by atoms with Crippen LogP contribution in [0.5, 0.6) is 0 Å². The van der Waals surface area contributed by atoms with Crippen LogP contribution in [0.1, 0.15) is 30.2 Å². The number of nitrogens with zero attached hydrogens (tertiary/aromatic N) is 4. The molecular weight excluding hydrogens is 376 g/mol. The molecule has 2 heterocycles. The molecule has 7 heteroatoms. The van der Waals surface area contributed by atoms with Crippen LogP contribution in [0.2, 0.25) is 0 Å². The molecule has 0 bridgehead atoms. The molecule has 4 rings (SSSR count). The molecule has 0 radical (unpaired) electrons. The van der Waals surface area contributed by atoms with Crippen LogP contribution in [0.25, 0.3) is 5.69 Å². The fourth-order valence-corrected chi connectivity index (χ4v) is 4.63. The van der Waals surface area contributed by atoms with Gasteiger partial charge in [-0.3, -0.25) is 9.36 Å². The zero-order valence-electron chi connectivity index (χ0n) is 15.2. The highest BCUT2D eigenvalue weighted by atomic mass is 32.2. The quantitative estimate of drug-likeness (QED) is 0.534. The first-order chi connectivity index (χ1) is 13.3. The van der Waals surface area contributed by atoms with E-state index in [4.69, 9.17) is 0 Å². The van der Waals surface area contributed by atoms with Crippen molar-refractivity contribution in [3.05, 3.63) is 58.5 Å². The Morgan fingerprint density at radius 3 is 2.89 bits per heavy atom. The molecule has 1 aliphatic carbocycles. The molecular formula is C20H22N4OS2. The van der Waals surface area contributed by atoms with Gasteiger partial charge in [0.1, 0.15) is 6.33 Å². The Morgan fingerprint density at radius 1 is 1.30 bits per heavy atom. The molecule has 0 unspecified atom stereocenters. The molecule has 0 spiro atoms. The predicted octanol–water partition coefficient (Wildman–Crippen LogP) is 4.17. The first-order valence-electron chi connectivity index (χ1n) is 9.19. The predicted molar refractivity (Wildman–Crippen MR) is 109 cm³/mol. The fourth-order valence-electron chi connectivity index (χ4n) is 3.12. The van der Waals surface area contributed by atoms with Gasteiger partial charge in [-0.25, -0.2) is 0 Å². The summed E-state index contributed by atoms with van der Waals surface area (Å²) in [6, 6.07) is 12.8. The number of aromatic nitrogens is 3. The van der Waals surface area contributed by atoms with E-state index in [-0.39, 0.29) is 5.91 Å². The van der Waals surface area contributed by atoms with Gasteiger partial charge in [0, 0.05) is 10.9 Å². The van der Waals surface area contributed by atoms with Crippen molar-refractivity contribution in [2.75, 3.05) is 5.75 Å². The van der Waals surface area contributed by atoms with Crippen molar-refractivity contribution in [3.8, 4) is 5.69 Å². The molecule has 0 saturated heterocycles. The largest absolute Gasteiger partial charge is 0.334 e. The Bertz CT molecular complexity index is 902. The lowest BCUT2D eigenvalue weighted by Gasteiger charge is -2.21. The van der Waals surface area contributed by atoms with Gasteiger partial charge < -0.3 is 4.90 Å². The number of hydrogen-bond donors (Lipinski definition) is 0. The maximum atomic E-state index is 12.9. The van der Waals surface area contributed by atoms with E-state index in [1.165, 1.54) is 22.2 Å². The Balaban J connectivity index is 1.46. The molecule has 27 heavy (non-hydrogen) atoms. The van der Waals surface area contributed by atoms with Gasteiger partial charge in [0.15, 0.2) is 5.16 Å². The van der Waals surface area contributed by atoms with Gasteiger partial charge in [0.25, 0.3) is 0 Å². The minimum Gasteiger partial charge on any atom is -0.334 e. The van der Waals surface area contributed by atoms with Gasteiger partial charge in [-0.05, 0) is 42.3 Å². The van der Waals surface area contributed by atoms with Crippen molar-refractivity contribution < 1.29 is 4.79 Å². The van der Waals surface area contributed by atoms with Gasteiger partial charge >= 0.3 is 0 Å². The van der Waals surface area contributed by atoms with Crippen molar-refractivity contribution >= 4 is 29.0 Å². The van der Waals surface area contributed by atoms with Crippen molar-refractivity contribution in [2.24, 2.45) is 0 Å². The molecule has 1 amide bonds. The average molecular weight is 399 g/mol. The summed E-state index contributed by atoms with van der Waals surface area (Å²) in [4.78, 5) is 16.1. The highest BCUT2D eigenvalue weighted by molar-refractivity contribution is 7.99. The monoisotopic (exact) mass is 398 g/mol. The number of rotatable bonds is 8. The lowest BCUT2D eigenvalue weighted by molar-refractivity contribution is -0.129. The fraction of sp³-hybridized carbons (Fsp3) is 0.350. The number of carbonyl (C=O) groups excluding carboxylic acids is 1. The second-order valence-corrected chi connectivity index (χ2v) is 8.56. The number of benzene rings is 1. The summed E-state index contributed by atoms with van der Waals surface area (Å²) < 4.78 is 1.98. The minimum absolute atomic E-state index is 0.175. The smallest absolute Gasteiger partial charge is 0.233 e. The van der Waals surface area contributed by atoms with Gasteiger partial charge in [-0.2, -0.15) is 0 Å².